The summed E-state index contributed by atoms with van der Waals surface area (Å²) in [4.78, 5) is 2.47. The zero-order valence-electron chi connectivity index (χ0n) is 41.9. The summed E-state index contributed by atoms with van der Waals surface area (Å²) in [5, 5.41) is 0. The van der Waals surface area contributed by atoms with E-state index in [0.29, 0.717) is 0 Å². The Balaban J connectivity index is 0.891. The molecule has 0 radical (unpaired) electrons. The Kier molecular flexibility index (Phi) is 9.47. The van der Waals surface area contributed by atoms with Crippen LogP contribution in [0.2, 0.25) is 0 Å². The van der Waals surface area contributed by atoms with Crippen molar-refractivity contribution in [3.05, 3.63) is 330 Å². The minimum absolute atomic E-state index is 0.547. The van der Waals surface area contributed by atoms with Gasteiger partial charge < -0.3 is 14.4 Å². The lowest BCUT2D eigenvalue weighted by atomic mass is 9.66. The topological polar surface area (TPSA) is 21.7 Å². The molecule has 16 rings (SSSR count). The number of ether oxygens (including phenoxy) is 2. The average Bonchev–Trinajstić information content (AvgIpc) is 4.07. The standard InChI is InChI=1S/C74H47NO2/c1-2-20-48(21-3-1)49-38-42-52(43-39-49)75(67-32-14-6-22-53(67)50-40-44-61-57(46-50)55-24-4-8-26-59(55)73(61)63-28-10-16-34-69(63)76-70-35-17-11-29-64(70)73)68-33-15-7-23-54(68)51-41-45-62-58(47-51)56-25-5-9-27-60(56)74(62)65-30-12-18-36-71(65)77-72-37-19-13-31-66(72)74/h1-47H. The first-order chi connectivity index (χ1) is 38.2. The predicted molar refractivity (Wildman–Crippen MR) is 312 cm³/mol. The predicted octanol–water partition coefficient (Wildman–Crippen LogP) is 19.1. The first-order valence-corrected chi connectivity index (χ1v) is 26.6. The lowest BCUT2D eigenvalue weighted by Gasteiger charge is -2.39. The fraction of sp³-hybridized carbons (Fsp3) is 0.0270. The van der Waals surface area contributed by atoms with E-state index in [9.17, 15) is 0 Å². The highest BCUT2D eigenvalue weighted by Crippen LogP contribution is 2.64. The minimum atomic E-state index is -0.547. The Morgan fingerprint density at radius 1 is 0.221 bits per heavy atom. The van der Waals surface area contributed by atoms with Gasteiger partial charge in [-0.3, -0.25) is 0 Å². The van der Waals surface area contributed by atoms with Gasteiger partial charge in [-0.1, -0.05) is 224 Å². The van der Waals surface area contributed by atoms with Crippen molar-refractivity contribution >= 4 is 17.1 Å². The maximum Gasteiger partial charge on any atom is 0.132 e. The highest BCUT2D eigenvalue weighted by atomic mass is 16.5. The van der Waals surface area contributed by atoms with Crippen molar-refractivity contribution in [2.24, 2.45) is 0 Å². The van der Waals surface area contributed by atoms with Crippen molar-refractivity contribution < 1.29 is 9.47 Å². The molecule has 2 aliphatic heterocycles. The molecular formula is C74H47NO2. The van der Waals surface area contributed by atoms with Gasteiger partial charge in [0, 0.05) is 39.1 Å². The van der Waals surface area contributed by atoms with E-state index < -0.39 is 10.8 Å². The SMILES string of the molecule is c1ccc(-c2ccc(N(c3ccccc3-c3ccc4c(c3)-c3ccccc3C43c4ccccc4Oc4ccccc43)c3ccccc3-c3ccc4c(c3)-c3ccccc3C43c4ccccc4Oc4ccccc43)cc2)cc1. The van der Waals surface area contributed by atoms with Crippen LogP contribution in [-0.2, 0) is 10.8 Å². The molecule has 0 fully saturated rings. The van der Waals surface area contributed by atoms with Crippen LogP contribution in [0.15, 0.2) is 285 Å². The van der Waals surface area contributed by atoms with E-state index in [-0.39, 0.29) is 0 Å². The highest BCUT2D eigenvalue weighted by molar-refractivity contribution is 5.98. The molecule has 0 N–H and O–H groups in total. The average molecular weight is 982 g/mol. The van der Waals surface area contributed by atoms with Crippen molar-refractivity contribution in [3.8, 4) is 78.6 Å². The summed E-state index contributed by atoms with van der Waals surface area (Å²) >= 11 is 0. The second kappa shape index (κ2) is 16.8. The van der Waals surface area contributed by atoms with Crippen molar-refractivity contribution in [2.45, 2.75) is 10.8 Å². The third-order valence-electron chi connectivity index (χ3n) is 16.8. The van der Waals surface area contributed by atoms with Crippen LogP contribution in [0.3, 0.4) is 0 Å². The molecule has 0 aromatic heterocycles. The highest BCUT2D eigenvalue weighted by Gasteiger charge is 2.52. The molecule has 0 amide bonds. The molecule has 0 saturated carbocycles. The lowest BCUT2D eigenvalue weighted by molar-refractivity contribution is 0.436. The summed E-state index contributed by atoms with van der Waals surface area (Å²) in [5.74, 6) is 3.56. The quantitative estimate of drug-likeness (QED) is 0.166. The molecule has 2 aliphatic carbocycles. The summed E-state index contributed by atoms with van der Waals surface area (Å²) in [6.45, 7) is 0. The number of benzene rings is 12. The fourth-order valence-electron chi connectivity index (χ4n) is 13.7. The molecule has 2 heterocycles. The maximum absolute atomic E-state index is 6.67. The van der Waals surface area contributed by atoms with Crippen LogP contribution in [0, 0.1) is 0 Å². The molecule has 3 heteroatoms. The molecule has 12 aromatic rings. The number of fused-ring (bicyclic) bond motifs is 18. The van der Waals surface area contributed by atoms with E-state index in [1.165, 1.54) is 55.6 Å². The zero-order chi connectivity index (χ0) is 50.7. The van der Waals surface area contributed by atoms with Gasteiger partial charge in [-0.15, -0.1) is 0 Å². The van der Waals surface area contributed by atoms with E-state index >= 15 is 0 Å². The van der Waals surface area contributed by atoms with Crippen LogP contribution in [0.25, 0.3) is 55.6 Å². The molecule has 0 saturated heterocycles. The number of anilines is 3. The summed E-state index contributed by atoms with van der Waals surface area (Å²) in [6.07, 6.45) is 0. The number of rotatable bonds is 6. The van der Waals surface area contributed by atoms with Crippen molar-refractivity contribution in [3.63, 3.8) is 0 Å². The van der Waals surface area contributed by atoms with E-state index in [1.807, 2.05) is 0 Å². The van der Waals surface area contributed by atoms with Crippen molar-refractivity contribution in [2.75, 3.05) is 4.90 Å². The van der Waals surface area contributed by atoms with Crippen LogP contribution in [0.1, 0.15) is 44.5 Å². The first-order valence-electron chi connectivity index (χ1n) is 26.6. The smallest absolute Gasteiger partial charge is 0.132 e. The molecule has 12 aromatic carbocycles. The summed E-state index contributed by atoms with van der Waals surface area (Å²) < 4.78 is 13.3. The summed E-state index contributed by atoms with van der Waals surface area (Å²) in [7, 11) is 0. The van der Waals surface area contributed by atoms with Gasteiger partial charge in [0.2, 0.25) is 0 Å². The molecule has 0 bridgehead atoms. The van der Waals surface area contributed by atoms with Gasteiger partial charge in [0.15, 0.2) is 0 Å². The van der Waals surface area contributed by atoms with E-state index in [4.69, 9.17) is 9.47 Å². The van der Waals surface area contributed by atoms with Crippen molar-refractivity contribution in [1.29, 1.82) is 0 Å². The van der Waals surface area contributed by atoms with Crippen LogP contribution in [0.4, 0.5) is 17.1 Å². The molecule has 2 spiro atoms. The van der Waals surface area contributed by atoms with Crippen LogP contribution < -0.4 is 14.4 Å². The first kappa shape index (κ1) is 43.4. The third kappa shape index (κ3) is 6.14. The lowest BCUT2D eigenvalue weighted by Crippen LogP contribution is -2.32. The Morgan fingerprint density at radius 2 is 0.532 bits per heavy atom. The molecule has 3 nitrogen and oxygen atoms in total. The second-order valence-corrected chi connectivity index (χ2v) is 20.6. The molecule has 360 valence electrons. The van der Waals surface area contributed by atoms with Gasteiger partial charge in [-0.25, -0.2) is 0 Å². The number of hydrogen-bond donors (Lipinski definition) is 0. The van der Waals surface area contributed by atoms with Crippen LogP contribution >= 0.6 is 0 Å². The number of hydrogen-bond acceptors (Lipinski definition) is 3. The van der Waals surface area contributed by atoms with Gasteiger partial charge >= 0.3 is 0 Å². The van der Waals surface area contributed by atoms with E-state index in [0.717, 1.165) is 84.6 Å². The Hall–Kier alpha value is -9.96. The molecule has 0 unspecified atom stereocenters. The van der Waals surface area contributed by atoms with Gasteiger partial charge in [0.1, 0.15) is 23.0 Å². The Labute approximate surface area is 448 Å². The van der Waals surface area contributed by atoms with E-state index in [1.54, 1.807) is 0 Å². The molecule has 0 atom stereocenters. The molecule has 4 aliphatic rings. The fourth-order valence-corrected chi connectivity index (χ4v) is 13.7. The van der Waals surface area contributed by atoms with Gasteiger partial charge in [0.05, 0.1) is 22.2 Å². The van der Waals surface area contributed by atoms with Crippen LogP contribution in [0.5, 0.6) is 23.0 Å². The van der Waals surface area contributed by atoms with Crippen molar-refractivity contribution in [1.82, 2.24) is 0 Å². The van der Waals surface area contributed by atoms with E-state index in [2.05, 4.69) is 290 Å². The minimum Gasteiger partial charge on any atom is -0.457 e. The maximum atomic E-state index is 6.67. The third-order valence-corrected chi connectivity index (χ3v) is 16.8. The monoisotopic (exact) mass is 981 g/mol. The van der Waals surface area contributed by atoms with Gasteiger partial charge in [0.25, 0.3) is 0 Å². The molecule has 77 heavy (non-hydrogen) atoms. The number of para-hydroxylation sites is 6. The van der Waals surface area contributed by atoms with Gasteiger partial charge in [-0.05, 0) is 127 Å². The normalized spacial score (nSPS) is 13.9. The number of nitrogens with zero attached hydrogens (tertiary/aromatic N) is 1. The largest absolute Gasteiger partial charge is 0.457 e. The summed E-state index contributed by atoms with van der Waals surface area (Å²) in [6, 6.07) is 104. The Morgan fingerprint density at radius 3 is 0.961 bits per heavy atom. The zero-order valence-corrected chi connectivity index (χ0v) is 41.9. The van der Waals surface area contributed by atoms with Crippen LogP contribution in [-0.4, -0.2) is 0 Å². The summed E-state index contributed by atoms with van der Waals surface area (Å²) in [5.41, 5.74) is 23.6. The second-order valence-electron chi connectivity index (χ2n) is 20.6. The molecular weight excluding hydrogens is 935 g/mol. The Bertz CT molecular complexity index is 4030. The van der Waals surface area contributed by atoms with Gasteiger partial charge in [-0.2, -0.15) is 0 Å².